The minimum absolute atomic E-state index is 0.106. The molecule has 1 heterocycles. The van der Waals surface area contributed by atoms with Crippen molar-refractivity contribution in [3.8, 4) is 0 Å². The van der Waals surface area contributed by atoms with Crippen molar-refractivity contribution in [1.29, 1.82) is 0 Å². The second-order valence-corrected chi connectivity index (χ2v) is 7.92. The third-order valence-corrected chi connectivity index (χ3v) is 5.48. The Morgan fingerprint density at radius 2 is 2.04 bits per heavy atom. The Bertz CT molecular complexity index is 813. The van der Waals surface area contributed by atoms with Crippen molar-refractivity contribution in [1.82, 2.24) is 10.2 Å². The minimum Gasteiger partial charge on any atom is -0.481 e. The molecule has 9 heteroatoms. The van der Waals surface area contributed by atoms with E-state index in [0.717, 1.165) is 11.8 Å². The van der Waals surface area contributed by atoms with E-state index in [1.54, 1.807) is 25.1 Å². The average Bonchev–Trinajstić information content (AvgIpc) is 2.92. The van der Waals surface area contributed by atoms with Crippen molar-refractivity contribution in [2.75, 3.05) is 6.54 Å². The average molecular weight is 425 g/mol. The van der Waals surface area contributed by atoms with Gasteiger partial charge in [-0.25, -0.2) is 4.39 Å². The fourth-order valence-corrected chi connectivity index (χ4v) is 4.01. The molecule has 1 atom stereocenters. The molecule has 1 aliphatic rings. The maximum atomic E-state index is 13.8. The van der Waals surface area contributed by atoms with E-state index in [9.17, 15) is 18.8 Å². The van der Waals surface area contributed by atoms with Crippen LogP contribution in [0.2, 0.25) is 0 Å². The zero-order valence-corrected chi connectivity index (χ0v) is 16.9. The van der Waals surface area contributed by atoms with E-state index in [4.69, 9.17) is 17.3 Å². The van der Waals surface area contributed by atoms with Gasteiger partial charge in [0.2, 0.25) is 5.91 Å². The van der Waals surface area contributed by atoms with Crippen LogP contribution < -0.4 is 5.32 Å². The second kappa shape index (κ2) is 10.3. The maximum Gasteiger partial charge on any atom is 0.303 e. The number of hydrogen-bond donors (Lipinski definition) is 2. The largest absolute Gasteiger partial charge is 0.481 e. The van der Waals surface area contributed by atoms with E-state index in [2.05, 4.69) is 5.32 Å². The number of rotatable bonds is 9. The third kappa shape index (κ3) is 5.87. The van der Waals surface area contributed by atoms with Gasteiger partial charge in [0.05, 0.1) is 4.91 Å². The smallest absolute Gasteiger partial charge is 0.303 e. The summed E-state index contributed by atoms with van der Waals surface area (Å²) in [4.78, 5) is 36.9. The predicted octanol–water partition coefficient (Wildman–Crippen LogP) is 3.18. The van der Waals surface area contributed by atoms with E-state index in [-0.39, 0.29) is 27.1 Å². The quantitative estimate of drug-likeness (QED) is 0.360. The first-order chi connectivity index (χ1) is 13.3. The first-order valence-electron chi connectivity index (χ1n) is 8.82. The summed E-state index contributed by atoms with van der Waals surface area (Å²) >= 11 is 6.27. The number of halogens is 1. The van der Waals surface area contributed by atoms with Crippen LogP contribution in [0.1, 0.15) is 38.2 Å². The van der Waals surface area contributed by atoms with Gasteiger partial charge in [0, 0.05) is 18.5 Å². The van der Waals surface area contributed by atoms with Gasteiger partial charge in [-0.3, -0.25) is 19.3 Å². The number of nitrogens with zero attached hydrogens (tertiary/aromatic N) is 1. The molecule has 0 aliphatic carbocycles. The van der Waals surface area contributed by atoms with Crippen molar-refractivity contribution < 1.29 is 23.9 Å². The lowest BCUT2D eigenvalue weighted by Crippen LogP contribution is -2.47. The highest BCUT2D eigenvalue weighted by molar-refractivity contribution is 8.26. The molecular weight excluding hydrogens is 403 g/mol. The Labute approximate surface area is 172 Å². The van der Waals surface area contributed by atoms with Gasteiger partial charge < -0.3 is 10.4 Å². The van der Waals surface area contributed by atoms with Crippen molar-refractivity contribution in [2.45, 2.75) is 38.6 Å². The molecule has 2 amide bonds. The molecule has 2 rings (SSSR count). The lowest BCUT2D eigenvalue weighted by molar-refractivity contribution is -0.137. The summed E-state index contributed by atoms with van der Waals surface area (Å²) in [5.74, 6) is -2.05. The van der Waals surface area contributed by atoms with E-state index >= 15 is 0 Å². The molecule has 0 radical (unpaired) electrons. The third-order valence-electron chi connectivity index (χ3n) is 4.15. The number of thioether (sulfide) groups is 1. The normalized spacial score (nSPS) is 16.5. The number of benzene rings is 1. The van der Waals surface area contributed by atoms with Gasteiger partial charge in [-0.1, -0.05) is 48.6 Å². The molecule has 0 spiro atoms. The van der Waals surface area contributed by atoms with Crippen LogP contribution in [0, 0.1) is 5.82 Å². The van der Waals surface area contributed by atoms with Crippen molar-refractivity contribution in [3.05, 3.63) is 40.6 Å². The molecule has 6 nitrogen and oxygen atoms in total. The number of carbonyl (C=O) groups excluding carboxylic acids is 2. The number of unbranched alkanes of at least 4 members (excludes halogenated alkanes) is 2. The van der Waals surface area contributed by atoms with Crippen LogP contribution in [0.3, 0.4) is 0 Å². The van der Waals surface area contributed by atoms with Gasteiger partial charge in [0.25, 0.3) is 5.91 Å². The molecule has 150 valence electrons. The lowest BCUT2D eigenvalue weighted by Gasteiger charge is -2.22. The lowest BCUT2D eigenvalue weighted by atomic mass is 10.2. The van der Waals surface area contributed by atoms with Crippen molar-refractivity contribution in [2.24, 2.45) is 0 Å². The fourth-order valence-electron chi connectivity index (χ4n) is 2.60. The molecule has 2 N–H and O–H groups in total. The topological polar surface area (TPSA) is 86.7 Å². The number of carboxylic acids is 1. The maximum absolute atomic E-state index is 13.8. The first kappa shape index (κ1) is 22.0. The highest BCUT2D eigenvalue weighted by Gasteiger charge is 2.38. The summed E-state index contributed by atoms with van der Waals surface area (Å²) in [6.45, 7) is 1.97. The van der Waals surface area contributed by atoms with Crippen LogP contribution in [-0.4, -0.2) is 44.7 Å². The van der Waals surface area contributed by atoms with Gasteiger partial charge in [-0.05, 0) is 31.9 Å². The molecule has 1 aliphatic heterocycles. The van der Waals surface area contributed by atoms with E-state index in [0.29, 0.717) is 25.8 Å². The monoisotopic (exact) mass is 424 g/mol. The molecule has 1 unspecified atom stereocenters. The first-order valence-corrected chi connectivity index (χ1v) is 10.0. The molecule has 0 aromatic heterocycles. The van der Waals surface area contributed by atoms with E-state index in [1.807, 2.05) is 0 Å². The Balaban J connectivity index is 1.92. The summed E-state index contributed by atoms with van der Waals surface area (Å²) in [6.07, 6.45) is 3.43. The van der Waals surface area contributed by atoms with Gasteiger partial charge in [-0.2, -0.15) is 0 Å². The number of carboxylic acid groups (broad SMARTS) is 1. The van der Waals surface area contributed by atoms with Crippen LogP contribution in [0.25, 0.3) is 6.08 Å². The number of amides is 2. The standard InChI is InChI=1S/C19H21FN2O4S2/c1-12(17(25)21-10-6-2-3-9-16(23)24)22-18(26)15(28-19(22)27)11-13-7-4-5-8-14(13)20/h4-5,7-8,11-12H,2-3,6,9-10H2,1H3,(H,21,25)(H,23,24)/b15-11-. The highest BCUT2D eigenvalue weighted by Crippen LogP contribution is 2.34. The summed E-state index contributed by atoms with van der Waals surface area (Å²) in [5.41, 5.74) is 0.279. The number of hydrogen-bond acceptors (Lipinski definition) is 5. The molecule has 0 bridgehead atoms. The summed E-state index contributed by atoms with van der Waals surface area (Å²) in [7, 11) is 0. The Kier molecular flexibility index (Phi) is 8.13. The molecule has 1 aromatic carbocycles. The Morgan fingerprint density at radius 1 is 1.32 bits per heavy atom. The highest BCUT2D eigenvalue weighted by atomic mass is 32.2. The summed E-state index contributed by atoms with van der Waals surface area (Å²) in [6, 6.07) is 5.30. The summed E-state index contributed by atoms with van der Waals surface area (Å²) < 4.78 is 14.1. The van der Waals surface area contributed by atoms with E-state index < -0.39 is 23.7 Å². The zero-order chi connectivity index (χ0) is 20.7. The van der Waals surface area contributed by atoms with Crippen molar-refractivity contribution >= 4 is 52.2 Å². The van der Waals surface area contributed by atoms with Gasteiger partial charge in [-0.15, -0.1) is 0 Å². The number of aliphatic carboxylic acids is 1. The Hall–Kier alpha value is -2.26. The second-order valence-electron chi connectivity index (χ2n) is 6.24. The van der Waals surface area contributed by atoms with Gasteiger partial charge in [0.1, 0.15) is 16.2 Å². The van der Waals surface area contributed by atoms with Crippen LogP contribution in [0.5, 0.6) is 0 Å². The van der Waals surface area contributed by atoms with Crippen LogP contribution in [0.15, 0.2) is 29.2 Å². The SMILES string of the molecule is CC(C(=O)NCCCCCC(=O)O)N1C(=O)/C(=C/c2ccccc2F)SC1=S. The molecule has 28 heavy (non-hydrogen) atoms. The molecule has 1 saturated heterocycles. The van der Waals surface area contributed by atoms with Crippen LogP contribution >= 0.6 is 24.0 Å². The predicted molar refractivity (Wildman–Crippen MR) is 110 cm³/mol. The van der Waals surface area contributed by atoms with Crippen LogP contribution in [-0.2, 0) is 14.4 Å². The van der Waals surface area contributed by atoms with Crippen LogP contribution in [0.4, 0.5) is 4.39 Å². The van der Waals surface area contributed by atoms with Gasteiger partial charge >= 0.3 is 5.97 Å². The molecule has 1 fully saturated rings. The van der Waals surface area contributed by atoms with Crippen molar-refractivity contribution in [3.63, 3.8) is 0 Å². The Morgan fingerprint density at radius 3 is 2.71 bits per heavy atom. The number of thiocarbonyl (C=S) groups is 1. The van der Waals surface area contributed by atoms with E-state index in [1.165, 1.54) is 17.0 Å². The van der Waals surface area contributed by atoms with Gasteiger partial charge in [0.15, 0.2) is 0 Å². The fraction of sp³-hybridized carbons (Fsp3) is 0.368. The zero-order valence-electron chi connectivity index (χ0n) is 15.3. The minimum atomic E-state index is -0.838. The number of nitrogens with one attached hydrogen (secondary N) is 1. The summed E-state index contributed by atoms with van der Waals surface area (Å²) in [5, 5.41) is 11.3. The molecule has 0 saturated carbocycles. The molecule has 1 aromatic rings. The number of carbonyl (C=O) groups is 3. The molecular formula is C19H21FN2O4S2.